The lowest BCUT2D eigenvalue weighted by Crippen LogP contribution is -2.23. The maximum absolute atomic E-state index is 12.7. The van der Waals surface area contributed by atoms with E-state index < -0.39 is 20.2 Å². The Morgan fingerprint density at radius 1 is 1.26 bits per heavy atom. The van der Waals surface area contributed by atoms with Crippen LogP contribution >= 0.6 is 11.6 Å². The van der Waals surface area contributed by atoms with Gasteiger partial charge >= 0.3 is 5.51 Å². The minimum Gasteiger partial charge on any atom is -0.248 e. The molecule has 122 valence electrons. The molecule has 0 saturated heterocycles. The van der Waals surface area contributed by atoms with Crippen molar-refractivity contribution >= 4 is 43.4 Å². The molecule has 5 nitrogen and oxygen atoms in total. The summed E-state index contributed by atoms with van der Waals surface area (Å²) in [5.74, 6) is 0. The second kappa shape index (κ2) is 5.07. The second-order valence-electron chi connectivity index (χ2n) is 4.75. The molecule has 2 aromatic heterocycles. The van der Waals surface area contributed by atoms with Gasteiger partial charge in [0.15, 0.2) is 5.65 Å². The first-order valence-electron chi connectivity index (χ1n) is 6.43. The number of hydrogen-bond donors (Lipinski definition) is 0. The lowest BCUT2D eigenvalue weighted by atomic mass is 10.2. The summed E-state index contributed by atoms with van der Waals surface area (Å²) in [6.45, 7) is 2.39. The predicted octanol–water partition coefficient (Wildman–Crippen LogP) is 3.55. The van der Waals surface area contributed by atoms with Crippen molar-refractivity contribution in [1.82, 2.24) is 14.8 Å². The summed E-state index contributed by atoms with van der Waals surface area (Å²) in [5, 5.41) is 4.77. The molecule has 0 spiro atoms. The quantitative estimate of drug-likeness (QED) is 0.698. The van der Waals surface area contributed by atoms with Gasteiger partial charge in [-0.3, -0.25) is 0 Å². The van der Waals surface area contributed by atoms with Crippen molar-refractivity contribution in [2.24, 2.45) is 0 Å². The van der Waals surface area contributed by atoms with Crippen molar-refractivity contribution in [3.05, 3.63) is 29.4 Å². The van der Waals surface area contributed by atoms with Crippen molar-refractivity contribution in [3.63, 3.8) is 0 Å². The van der Waals surface area contributed by atoms with Crippen LogP contribution in [0.2, 0.25) is 5.02 Å². The fourth-order valence-corrected chi connectivity index (χ4v) is 3.30. The number of halogens is 4. The average molecular weight is 364 g/mol. The van der Waals surface area contributed by atoms with E-state index in [2.05, 4.69) is 10.1 Å². The van der Waals surface area contributed by atoms with Crippen LogP contribution in [-0.4, -0.2) is 28.7 Å². The predicted molar refractivity (Wildman–Crippen MR) is 79.0 cm³/mol. The van der Waals surface area contributed by atoms with E-state index in [0.29, 0.717) is 23.1 Å². The van der Waals surface area contributed by atoms with Gasteiger partial charge in [-0.25, -0.2) is 18.1 Å². The van der Waals surface area contributed by atoms with Gasteiger partial charge in [0.1, 0.15) is 0 Å². The van der Waals surface area contributed by atoms with Crippen molar-refractivity contribution in [1.29, 1.82) is 0 Å². The molecule has 0 saturated carbocycles. The van der Waals surface area contributed by atoms with Gasteiger partial charge in [-0.15, -0.1) is 0 Å². The summed E-state index contributed by atoms with van der Waals surface area (Å²) in [5.41, 5.74) is -4.60. The van der Waals surface area contributed by atoms with Gasteiger partial charge in [0.25, 0.3) is 9.84 Å². The van der Waals surface area contributed by atoms with Crippen LogP contribution in [0.15, 0.2) is 29.3 Å². The number of benzene rings is 1. The molecule has 0 aliphatic rings. The highest BCUT2D eigenvalue weighted by molar-refractivity contribution is 7.92. The van der Waals surface area contributed by atoms with Gasteiger partial charge < -0.3 is 0 Å². The van der Waals surface area contributed by atoms with Crippen LogP contribution in [0.3, 0.4) is 0 Å². The summed E-state index contributed by atoms with van der Waals surface area (Å²) in [7, 11) is -5.44. The van der Waals surface area contributed by atoms with Crippen LogP contribution in [0.4, 0.5) is 13.2 Å². The van der Waals surface area contributed by atoms with Crippen LogP contribution in [0.5, 0.6) is 0 Å². The summed E-state index contributed by atoms with van der Waals surface area (Å²) in [4.78, 5) is 3.42. The molecule has 0 unspecified atom stereocenters. The smallest absolute Gasteiger partial charge is 0.248 e. The molecule has 10 heteroatoms. The molecule has 0 aliphatic carbocycles. The minimum absolute atomic E-state index is 0.115. The Hall–Kier alpha value is -1.87. The Balaban J connectivity index is 2.33. The Morgan fingerprint density at radius 2 is 1.96 bits per heavy atom. The molecule has 2 heterocycles. The number of aryl methyl sites for hydroxylation is 1. The zero-order chi connectivity index (χ0) is 17.0. The molecule has 0 N–H and O–H groups in total. The first kappa shape index (κ1) is 16.0. The molecule has 0 bridgehead atoms. The van der Waals surface area contributed by atoms with Crippen molar-refractivity contribution in [3.8, 4) is 0 Å². The van der Waals surface area contributed by atoms with E-state index >= 15 is 0 Å². The third-order valence-corrected chi connectivity index (χ3v) is 5.28. The van der Waals surface area contributed by atoms with Crippen LogP contribution in [0, 0.1) is 0 Å². The first-order chi connectivity index (χ1) is 10.7. The van der Waals surface area contributed by atoms with E-state index in [1.807, 2.05) is 6.92 Å². The number of hydrogen-bond acceptors (Lipinski definition) is 4. The molecule has 0 atom stereocenters. The van der Waals surface area contributed by atoms with Crippen LogP contribution in [-0.2, 0) is 16.4 Å². The SMILES string of the molecule is CCn1ncc2c(Cl)c3cc(S(=O)(=O)C(F)(F)F)ccc3nc21. The normalized spacial score (nSPS) is 13.1. The Morgan fingerprint density at radius 3 is 2.57 bits per heavy atom. The molecule has 0 aliphatic heterocycles. The van der Waals surface area contributed by atoms with E-state index in [1.165, 1.54) is 12.3 Å². The second-order valence-corrected chi connectivity index (χ2v) is 7.07. The number of nitrogens with zero attached hydrogens (tertiary/aromatic N) is 3. The molecule has 3 rings (SSSR count). The Labute approximate surface area is 133 Å². The van der Waals surface area contributed by atoms with Gasteiger partial charge in [-0.2, -0.15) is 18.3 Å². The minimum atomic E-state index is -5.44. The van der Waals surface area contributed by atoms with Gasteiger partial charge in [0, 0.05) is 11.9 Å². The number of fused-ring (bicyclic) bond motifs is 2. The van der Waals surface area contributed by atoms with E-state index in [0.717, 1.165) is 12.1 Å². The number of sulfone groups is 1. The summed E-state index contributed by atoms with van der Waals surface area (Å²) >= 11 is 6.21. The highest BCUT2D eigenvalue weighted by Crippen LogP contribution is 2.35. The molecule has 0 fully saturated rings. The maximum atomic E-state index is 12.7. The van der Waals surface area contributed by atoms with Crippen molar-refractivity contribution in [2.45, 2.75) is 23.9 Å². The maximum Gasteiger partial charge on any atom is 0.501 e. The van der Waals surface area contributed by atoms with Gasteiger partial charge in [0.05, 0.1) is 27.0 Å². The zero-order valence-corrected chi connectivity index (χ0v) is 13.2. The van der Waals surface area contributed by atoms with E-state index in [-0.39, 0.29) is 10.4 Å². The van der Waals surface area contributed by atoms with Crippen molar-refractivity contribution in [2.75, 3.05) is 0 Å². The molecule has 0 amide bonds. The summed E-state index contributed by atoms with van der Waals surface area (Å²) in [6.07, 6.45) is 1.44. The molecular formula is C13H9ClF3N3O2S. The molecule has 1 aromatic carbocycles. The number of pyridine rings is 1. The lowest BCUT2D eigenvalue weighted by molar-refractivity contribution is -0.0435. The van der Waals surface area contributed by atoms with E-state index in [1.54, 1.807) is 4.68 Å². The molecule has 23 heavy (non-hydrogen) atoms. The highest BCUT2D eigenvalue weighted by Gasteiger charge is 2.46. The first-order valence-corrected chi connectivity index (χ1v) is 8.29. The van der Waals surface area contributed by atoms with Gasteiger partial charge in [-0.05, 0) is 25.1 Å². The topological polar surface area (TPSA) is 64.8 Å². The third kappa shape index (κ3) is 2.34. The summed E-state index contributed by atoms with van der Waals surface area (Å²) in [6, 6.07) is 2.95. The lowest BCUT2D eigenvalue weighted by Gasteiger charge is -2.10. The van der Waals surface area contributed by atoms with E-state index in [9.17, 15) is 21.6 Å². The summed E-state index contributed by atoms with van der Waals surface area (Å²) < 4.78 is 62.6. The standard InChI is InChI=1S/C13H9ClF3N3O2S/c1-2-20-12-9(6-18-20)11(14)8-5-7(3-4-10(8)19-12)23(21,22)13(15,16)17/h3-6H,2H2,1H3. The van der Waals surface area contributed by atoms with Crippen LogP contribution in [0.1, 0.15) is 6.92 Å². The molecule has 3 aromatic rings. The third-order valence-electron chi connectivity index (χ3n) is 3.39. The van der Waals surface area contributed by atoms with Crippen LogP contribution < -0.4 is 0 Å². The van der Waals surface area contributed by atoms with Gasteiger partial charge in [-0.1, -0.05) is 11.6 Å². The fraction of sp³-hybridized carbons (Fsp3) is 0.231. The fourth-order valence-electron chi connectivity index (χ4n) is 2.23. The Kier molecular flexibility index (Phi) is 3.53. The monoisotopic (exact) mass is 363 g/mol. The van der Waals surface area contributed by atoms with Crippen molar-refractivity contribution < 1.29 is 21.6 Å². The highest BCUT2D eigenvalue weighted by atomic mass is 35.5. The largest absolute Gasteiger partial charge is 0.501 e. The number of rotatable bonds is 2. The number of alkyl halides is 3. The van der Waals surface area contributed by atoms with Gasteiger partial charge in [0.2, 0.25) is 0 Å². The Bertz CT molecular complexity index is 1030. The average Bonchev–Trinajstić information content (AvgIpc) is 2.89. The van der Waals surface area contributed by atoms with Crippen LogP contribution in [0.25, 0.3) is 21.9 Å². The molecular weight excluding hydrogens is 355 g/mol. The number of aromatic nitrogens is 3. The zero-order valence-electron chi connectivity index (χ0n) is 11.6. The van der Waals surface area contributed by atoms with E-state index in [4.69, 9.17) is 11.6 Å². The molecule has 0 radical (unpaired) electrons.